The van der Waals surface area contributed by atoms with Crippen LogP contribution in [0.15, 0.2) is 48.7 Å². The fourth-order valence-corrected chi connectivity index (χ4v) is 3.65. The maximum absolute atomic E-state index is 14.8. The van der Waals surface area contributed by atoms with Crippen molar-refractivity contribution in [3.05, 3.63) is 65.9 Å². The second-order valence-electron chi connectivity index (χ2n) is 7.89. The fourth-order valence-electron chi connectivity index (χ4n) is 3.65. The molecule has 0 unspecified atom stereocenters. The van der Waals surface area contributed by atoms with Crippen molar-refractivity contribution in [2.24, 2.45) is 0 Å². The molecular weight excluding hydrogens is 440 g/mol. The van der Waals surface area contributed by atoms with Gasteiger partial charge >= 0.3 is 0 Å². The smallest absolute Gasteiger partial charge is 0.252 e. The molecule has 1 fully saturated rings. The van der Waals surface area contributed by atoms with Crippen LogP contribution in [0.2, 0.25) is 0 Å². The average Bonchev–Trinajstić information content (AvgIpc) is 2.85. The monoisotopic (exact) mass is 463 g/mol. The van der Waals surface area contributed by atoms with Crippen LogP contribution in [0.5, 0.6) is 0 Å². The van der Waals surface area contributed by atoms with E-state index in [1.165, 1.54) is 18.2 Å². The van der Waals surface area contributed by atoms with Crippen molar-refractivity contribution < 1.29 is 13.6 Å². The maximum Gasteiger partial charge on any atom is 0.252 e. The molecule has 10 heteroatoms. The zero-order valence-corrected chi connectivity index (χ0v) is 18.6. The van der Waals surface area contributed by atoms with E-state index >= 15 is 0 Å². The van der Waals surface area contributed by atoms with Crippen molar-refractivity contribution in [3.63, 3.8) is 0 Å². The van der Waals surface area contributed by atoms with E-state index in [-0.39, 0.29) is 24.0 Å². The first-order valence-electron chi connectivity index (χ1n) is 10.7. The van der Waals surface area contributed by atoms with E-state index in [1.807, 2.05) is 18.0 Å². The molecule has 174 valence electrons. The summed E-state index contributed by atoms with van der Waals surface area (Å²) < 4.78 is 29.2. The summed E-state index contributed by atoms with van der Waals surface area (Å²) in [6.45, 7) is 3.15. The van der Waals surface area contributed by atoms with Gasteiger partial charge in [-0.2, -0.15) is 5.26 Å². The zero-order valence-electron chi connectivity index (χ0n) is 18.6. The van der Waals surface area contributed by atoms with Gasteiger partial charge in [0.2, 0.25) is 5.95 Å². The Morgan fingerprint density at radius 2 is 1.82 bits per heavy atom. The summed E-state index contributed by atoms with van der Waals surface area (Å²) in [5.74, 6) is -1.29. The maximum atomic E-state index is 14.8. The quantitative estimate of drug-likeness (QED) is 0.542. The summed E-state index contributed by atoms with van der Waals surface area (Å²) in [7, 11) is 2.04. The third kappa shape index (κ3) is 5.27. The standard InChI is InChI=1S/C24H23F2N7O/c1-32-10-12-33(13-11-32)21-7-6-18(14-19(21)25)30-24-29-15-20(26)22(31-24)16-2-4-17(5-3-16)23(34)28-9-8-27/h2-7,14-15H,9-13H2,1H3,(H,28,34)(H,29,30,31). The molecule has 4 rings (SSSR count). The van der Waals surface area contributed by atoms with Crippen LogP contribution in [0.4, 0.5) is 26.1 Å². The number of halogens is 2. The first-order valence-corrected chi connectivity index (χ1v) is 10.7. The lowest BCUT2D eigenvalue weighted by molar-refractivity contribution is 0.0958. The molecule has 0 atom stereocenters. The van der Waals surface area contributed by atoms with Crippen molar-refractivity contribution >= 4 is 23.2 Å². The van der Waals surface area contributed by atoms with Gasteiger partial charge in [0.1, 0.15) is 18.1 Å². The number of amides is 1. The molecule has 1 aliphatic rings. The Kier molecular flexibility index (Phi) is 6.94. The molecular formula is C24H23F2N7O. The number of benzene rings is 2. The molecule has 0 radical (unpaired) electrons. The van der Waals surface area contributed by atoms with E-state index in [0.717, 1.165) is 32.4 Å². The van der Waals surface area contributed by atoms with Crippen molar-refractivity contribution in [3.8, 4) is 17.3 Å². The Labute approximate surface area is 195 Å². The van der Waals surface area contributed by atoms with E-state index in [9.17, 15) is 13.6 Å². The number of anilines is 3. The number of rotatable bonds is 6. The summed E-state index contributed by atoms with van der Waals surface area (Å²) in [4.78, 5) is 24.3. The van der Waals surface area contributed by atoms with Gasteiger partial charge in [0.25, 0.3) is 5.91 Å². The number of piperazine rings is 1. The molecule has 0 saturated carbocycles. The van der Waals surface area contributed by atoms with Crippen LogP contribution in [-0.2, 0) is 0 Å². The number of nitrogens with zero attached hydrogens (tertiary/aromatic N) is 5. The molecule has 3 aromatic rings. The van der Waals surface area contributed by atoms with Gasteiger partial charge in [0, 0.05) is 43.0 Å². The summed E-state index contributed by atoms with van der Waals surface area (Å²) in [6.07, 6.45) is 1.03. The Hall–Kier alpha value is -4.10. The van der Waals surface area contributed by atoms with Gasteiger partial charge in [-0.3, -0.25) is 4.79 Å². The minimum absolute atomic E-state index is 0.0380. The molecule has 2 heterocycles. The highest BCUT2D eigenvalue weighted by atomic mass is 19.1. The summed E-state index contributed by atoms with van der Waals surface area (Å²) in [6, 6.07) is 12.8. The zero-order chi connectivity index (χ0) is 24.1. The number of aromatic nitrogens is 2. The number of carbonyl (C=O) groups is 1. The van der Waals surface area contributed by atoms with E-state index in [4.69, 9.17) is 5.26 Å². The molecule has 8 nitrogen and oxygen atoms in total. The van der Waals surface area contributed by atoms with Crippen LogP contribution >= 0.6 is 0 Å². The lowest BCUT2D eigenvalue weighted by Crippen LogP contribution is -2.44. The molecule has 1 aliphatic heterocycles. The van der Waals surface area contributed by atoms with E-state index in [0.29, 0.717) is 22.5 Å². The summed E-state index contributed by atoms with van der Waals surface area (Å²) in [5.41, 5.74) is 1.80. The second-order valence-corrected chi connectivity index (χ2v) is 7.89. The first-order chi connectivity index (χ1) is 16.4. The highest BCUT2D eigenvalue weighted by Gasteiger charge is 2.18. The number of hydrogen-bond donors (Lipinski definition) is 2. The summed E-state index contributed by atoms with van der Waals surface area (Å²) >= 11 is 0. The Balaban J connectivity index is 1.50. The van der Waals surface area contributed by atoms with Gasteiger partial charge in [-0.15, -0.1) is 0 Å². The number of nitriles is 1. The van der Waals surface area contributed by atoms with Gasteiger partial charge in [0.05, 0.1) is 18.0 Å². The van der Waals surface area contributed by atoms with Gasteiger partial charge in [-0.1, -0.05) is 12.1 Å². The Morgan fingerprint density at radius 1 is 1.09 bits per heavy atom. The first kappa shape index (κ1) is 23.1. The lowest BCUT2D eigenvalue weighted by atomic mass is 10.1. The van der Waals surface area contributed by atoms with Crippen molar-refractivity contribution in [2.45, 2.75) is 0 Å². The SMILES string of the molecule is CN1CCN(c2ccc(Nc3ncc(F)c(-c4ccc(C(=O)NCC#N)cc4)n3)cc2F)CC1. The van der Waals surface area contributed by atoms with Crippen LogP contribution in [0.3, 0.4) is 0 Å². The van der Waals surface area contributed by atoms with Gasteiger partial charge in [-0.25, -0.2) is 18.7 Å². The van der Waals surface area contributed by atoms with Gasteiger partial charge in [-0.05, 0) is 37.4 Å². The van der Waals surface area contributed by atoms with Gasteiger partial charge < -0.3 is 20.4 Å². The third-order valence-electron chi connectivity index (χ3n) is 5.54. The molecule has 1 saturated heterocycles. The normalized spacial score (nSPS) is 13.9. The molecule has 34 heavy (non-hydrogen) atoms. The fraction of sp³-hybridized carbons (Fsp3) is 0.250. The number of nitrogens with one attached hydrogen (secondary N) is 2. The minimum Gasteiger partial charge on any atom is -0.367 e. The highest BCUT2D eigenvalue weighted by molar-refractivity contribution is 5.94. The molecule has 1 amide bonds. The van der Waals surface area contributed by atoms with E-state index in [2.05, 4.69) is 25.5 Å². The third-order valence-corrected chi connectivity index (χ3v) is 5.54. The van der Waals surface area contributed by atoms with Crippen LogP contribution in [0, 0.1) is 23.0 Å². The largest absolute Gasteiger partial charge is 0.367 e. The topological polar surface area (TPSA) is 97.2 Å². The predicted octanol–water partition coefficient (Wildman–Crippen LogP) is 3.17. The molecule has 1 aromatic heterocycles. The van der Waals surface area contributed by atoms with Crippen LogP contribution in [0.25, 0.3) is 11.3 Å². The lowest BCUT2D eigenvalue weighted by Gasteiger charge is -2.34. The van der Waals surface area contributed by atoms with E-state index in [1.54, 1.807) is 24.3 Å². The highest BCUT2D eigenvalue weighted by Crippen LogP contribution is 2.27. The summed E-state index contributed by atoms with van der Waals surface area (Å²) in [5, 5.41) is 13.9. The van der Waals surface area contributed by atoms with E-state index < -0.39 is 11.7 Å². The number of likely N-dealkylation sites (N-methyl/N-ethyl adjacent to an activating group) is 1. The molecule has 0 aliphatic carbocycles. The van der Waals surface area contributed by atoms with Crippen LogP contribution in [-0.4, -0.2) is 60.5 Å². The molecule has 2 aromatic carbocycles. The molecule has 0 bridgehead atoms. The van der Waals surface area contributed by atoms with Crippen molar-refractivity contribution in [2.75, 3.05) is 50.0 Å². The minimum atomic E-state index is -0.635. The predicted molar refractivity (Wildman–Crippen MR) is 125 cm³/mol. The number of carbonyl (C=O) groups excluding carboxylic acids is 1. The van der Waals surface area contributed by atoms with Crippen molar-refractivity contribution in [1.82, 2.24) is 20.2 Å². The average molecular weight is 463 g/mol. The van der Waals surface area contributed by atoms with Crippen molar-refractivity contribution in [1.29, 1.82) is 5.26 Å². The Bertz CT molecular complexity index is 1220. The van der Waals surface area contributed by atoms with Crippen LogP contribution < -0.4 is 15.5 Å². The Morgan fingerprint density at radius 3 is 2.50 bits per heavy atom. The van der Waals surface area contributed by atoms with Gasteiger partial charge in [0.15, 0.2) is 5.82 Å². The van der Waals surface area contributed by atoms with Crippen LogP contribution in [0.1, 0.15) is 10.4 Å². The molecule has 0 spiro atoms. The second kappa shape index (κ2) is 10.2. The number of hydrogen-bond acceptors (Lipinski definition) is 7. The molecule has 2 N–H and O–H groups in total.